The summed E-state index contributed by atoms with van der Waals surface area (Å²) in [5.74, 6) is 0.738. The van der Waals surface area contributed by atoms with E-state index in [-0.39, 0.29) is 0 Å². The van der Waals surface area contributed by atoms with Gasteiger partial charge in [0.15, 0.2) is 0 Å². The van der Waals surface area contributed by atoms with Crippen molar-refractivity contribution < 1.29 is 0 Å². The topological polar surface area (TPSA) is 24.1 Å². The lowest BCUT2D eigenvalue weighted by Crippen LogP contribution is -2.45. The first-order chi connectivity index (χ1) is 7.36. The molecule has 82 valence electrons. The van der Waals surface area contributed by atoms with Crippen molar-refractivity contribution in [3.63, 3.8) is 0 Å². The van der Waals surface area contributed by atoms with Gasteiger partial charge in [-0.15, -0.1) is 0 Å². The van der Waals surface area contributed by atoms with Crippen LogP contribution in [0.3, 0.4) is 0 Å². The number of piperidine rings is 1. The minimum Gasteiger partial charge on any atom is -0.316 e. The number of rotatable bonds is 3. The van der Waals surface area contributed by atoms with Crippen LogP contribution in [0.2, 0.25) is 0 Å². The summed E-state index contributed by atoms with van der Waals surface area (Å²) in [5.41, 5.74) is 1.38. The van der Waals surface area contributed by atoms with Crippen LogP contribution in [0.25, 0.3) is 0 Å². The van der Waals surface area contributed by atoms with Gasteiger partial charge in [-0.25, -0.2) is 0 Å². The standard InChI is InChI=1S/C13H20N2/c1-11-9-14-8-7-13(11)15-10-12-5-3-2-4-6-12/h2-6,11,13-15H,7-10H2,1H3. The molecular weight excluding hydrogens is 184 g/mol. The van der Waals surface area contributed by atoms with Gasteiger partial charge in [-0.2, -0.15) is 0 Å². The van der Waals surface area contributed by atoms with Gasteiger partial charge < -0.3 is 10.6 Å². The number of hydrogen-bond acceptors (Lipinski definition) is 2. The Morgan fingerprint density at radius 3 is 2.87 bits per heavy atom. The maximum absolute atomic E-state index is 3.65. The third kappa shape index (κ3) is 3.05. The van der Waals surface area contributed by atoms with Crippen LogP contribution in [0.5, 0.6) is 0 Å². The van der Waals surface area contributed by atoms with Gasteiger partial charge in [0.05, 0.1) is 0 Å². The molecule has 1 aliphatic rings. The quantitative estimate of drug-likeness (QED) is 0.784. The van der Waals surface area contributed by atoms with Crippen molar-refractivity contribution in [3.8, 4) is 0 Å². The van der Waals surface area contributed by atoms with Crippen molar-refractivity contribution >= 4 is 0 Å². The molecule has 2 nitrogen and oxygen atoms in total. The predicted octanol–water partition coefficient (Wildman–Crippen LogP) is 1.77. The molecule has 2 N–H and O–H groups in total. The summed E-state index contributed by atoms with van der Waals surface area (Å²) in [7, 11) is 0. The Labute approximate surface area is 92.1 Å². The van der Waals surface area contributed by atoms with Gasteiger partial charge in [0.25, 0.3) is 0 Å². The molecule has 1 fully saturated rings. The molecule has 0 radical (unpaired) electrons. The van der Waals surface area contributed by atoms with Crippen LogP contribution >= 0.6 is 0 Å². The van der Waals surface area contributed by atoms with Crippen molar-refractivity contribution in [2.24, 2.45) is 5.92 Å². The van der Waals surface area contributed by atoms with Gasteiger partial charge in [-0.05, 0) is 31.0 Å². The molecule has 0 aromatic heterocycles. The molecule has 1 saturated heterocycles. The zero-order valence-electron chi connectivity index (χ0n) is 9.37. The summed E-state index contributed by atoms with van der Waals surface area (Å²) in [6.45, 7) is 5.61. The van der Waals surface area contributed by atoms with E-state index in [2.05, 4.69) is 47.9 Å². The fourth-order valence-electron chi connectivity index (χ4n) is 2.16. The zero-order valence-corrected chi connectivity index (χ0v) is 9.37. The van der Waals surface area contributed by atoms with Crippen LogP contribution < -0.4 is 10.6 Å². The minimum atomic E-state index is 0.673. The Bertz CT molecular complexity index is 284. The molecule has 2 unspecified atom stereocenters. The predicted molar refractivity (Wildman–Crippen MR) is 63.7 cm³/mol. The Balaban J connectivity index is 1.82. The summed E-state index contributed by atoms with van der Waals surface area (Å²) in [6.07, 6.45) is 1.24. The molecule has 2 rings (SSSR count). The molecule has 1 aliphatic heterocycles. The molecule has 0 saturated carbocycles. The second kappa shape index (κ2) is 5.29. The van der Waals surface area contributed by atoms with Crippen molar-refractivity contribution in [1.82, 2.24) is 10.6 Å². The lowest BCUT2D eigenvalue weighted by molar-refractivity contribution is 0.295. The Hall–Kier alpha value is -0.860. The third-order valence-corrected chi connectivity index (χ3v) is 3.20. The molecule has 2 heteroatoms. The summed E-state index contributed by atoms with van der Waals surface area (Å²) < 4.78 is 0. The molecule has 2 atom stereocenters. The van der Waals surface area contributed by atoms with Gasteiger partial charge in [0.1, 0.15) is 0 Å². The molecular formula is C13H20N2. The molecule has 1 heterocycles. The summed E-state index contributed by atoms with van der Waals surface area (Å²) >= 11 is 0. The molecule has 1 aromatic carbocycles. The molecule has 1 aromatic rings. The van der Waals surface area contributed by atoms with Gasteiger partial charge in [-0.1, -0.05) is 37.3 Å². The number of benzene rings is 1. The van der Waals surface area contributed by atoms with Crippen LogP contribution in [-0.4, -0.2) is 19.1 Å². The Morgan fingerprint density at radius 1 is 1.33 bits per heavy atom. The average molecular weight is 204 g/mol. The summed E-state index contributed by atoms with van der Waals surface area (Å²) in [6, 6.07) is 11.3. The Morgan fingerprint density at radius 2 is 2.13 bits per heavy atom. The van der Waals surface area contributed by atoms with E-state index in [1.54, 1.807) is 0 Å². The maximum atomic E-state index is 3.65. The van der Waals surface area contributed by atoms with E-state index in [1.165, 1.54) is 12.0 Å². The maximum Gasteiger partial charge on any atom is 0.0208 e. The van der Waals surface area contributed by atoms with Crippen LogP contribution in [0, 0.1) is 5.92 Å². The minimum absolute atomic E-state index is 0.673. The van der Waals surface area contributed by atoms with Gasteiger partial charge in [-0.3, -0.25) is 0 Å². The van der Waals surface area contributed by atoms with Gasteiger partial charge in [0, 0.05) is 12.6 Å². The van der Waals surface area contributed by atoms with Crippen LogP contribution in [0.4, 0.5) is 0 Å². The average Bonchev–Trinajstić information content (AvgIpc) is 2.29. The highest BCUT2D eigenvalue weighted by Gasteiger charge is 2.19. The molecule has 0 amide bonds. The number of nitrogens with one attached hydrogen (secondary N) is 2. The lowest BCUT2D eigenvalue weighted by Gasteiger charge is -2.30. The van der Waals surface area contributed by atoms with Crippen LogP contribution in [0.15, 0.2) is 30.3 Å². The fraction of sp³-hybridized carbons (Fsp3) is 0.538. The number of hydrogen-bond donors (Lipinski definition) is 2. The molecule has 0 bridgehead atoms. The first-order valence-electron chi connectivity index (χ1n) is 5.84. The van der Waals surface area contributed by atoms with E-state index in [0.29, 0.717) is 6.04 Å². The fourth-order valence-corrected chi connectivity index (χ4v) is 2.16. The van der Waals surface area contributed by atoms with Crippen molar-refractivity contribution in [2.75, 3.05) is 13.1 Å². The molecule has 15 heavy (non-hydrogen) atoms. The normalized spacial score (nSPS) is 26.5. The second-order valence-corrected chi connectivity index (χ2v) is 4.44. The SMILES string of the molecule is CC1CNCCC1NCc1ccccc1. The van der Waals surface area contributed by atoms with Crippen molar-refractivity contribution in [2.45, 2.75) is 25.9 Å². The van der Waals surface area contributed by atoms with E-state index in [9.17, 15) is 0 Å². The van der Waals surface area contributed by atoms with E-state index in [0.717, 1.165) is 25.6 Å². The van der Waals surface area contributed by atoms with Crippen molar-refractivity contribution in [1.29, 1.82) is 0 Å². The van der Waals surface area contributed by atoms with E-state index in [1.807, 2.05) is 0 Å². The third-order valence-electron chi connectivity index (χ3n) is 3.20. The van der Waals surface area contributed by atoms with Crippen LogP contribution in [0.1, 0.15) is 18.9 Å². The van der Waals surface area contributed by atoms with Gasteiger partial charge in [0.2, 0.25) is 0 Å². The first kappa shape index (κ1) is 10.7. The second-order valence-electron chi connectivity index (χ2n) is 4.44. The Kier molecular flexibility index (Phi) is 3.75. The summed E-state index contributed by atoms with van der Waals surface area (Å²) in [4.78, 5) is 0. The molecule has 0 spiro atoms. The molecule has 0 aliphatic carbocycles. The zero-order chi connectivity index (χ0) is 10.5. The largest absolute Gasteiger partial charge is 0.316 e. The highest BCUT2D eigenvalue weighted by Crippen LogP contribution is 2.11. The van der Waals surface area contributed by atoms with E-state index >= 15 is 0 Å². The highest BCUT2D eigenvalue weighted by atomic mass is 15.0. The summed E-state index contributed by atoms with van der Waals surface area (Å²) in [5, 5.41) is 7.07. The van der Waals surface area contributed by atoms with Crippen LogP contribution in [-0.2, 0) is 6.54 Å². The smallest absolute Gasteiger partial charge is 0.0208 e. The van der Waals surface area contributed by atoms with E-state index in [4.69, 9.17) is 0 Å². The van der Waals surface area contributed by atoms with Gasteiger partial charge >= 0.3 is 0 Å². The van der Waals surface area contributed by atoms with Crippen molar-refractivity contribution in [3.05, 3.63) is 35.9 Å². The lowest BCUT2D eigenvalue weighted by atomic mass is 9.95. The monoisotopic (exact) mass is 204 g/mol. The first-order valence-corrected chi connectivity index (χ1v) is 5.84. The van der Waals surface area contributed by atoms with E-state index < -0.39 is 0 Å². The highest BCUT2D eigenvalue weighted by molar-refractivity contribution is 5.14.